The van der Waals surface area contributed by atoms with Gasteiger partial charge < -0.3 is 0 Å². The summed E-state index contributed by atoms with van der Waals surface area (Å²) in [5.74, 6) is 0. The van der Waals surface area contributed by atoms with Crippen LogP contribution in [0.25, 0.3) is 0 Å². The van der Waals surface area contributed by atoms with E-state index in [9.17, 15) is 0 Å². The Morgan fingerprint density at radius 2 is 1.69 bits per heavy atom. The quantitative estimate of drug-likeness (QED) is 0.708. The van der Waals surface area contributed by atoms with Gasteiger partial charge in [-0.3, -0.25) is 24.4 Å². The molecule has 6 nitrogen and oxygen atoms in total. The number of hydrogen-bond acceptors (Lipinski definition) is 5. The van der Waals surface area contributed by atoms with Crippen LogP contribution >= 0.6 is 0 Å². The molecule has 1 saturated heterocycles. The molecule has 4 rings (SSSR count). The van der Waals surface area contributed by atoms with Gasteiger partial charge in [0.15, 0.2) is 0 Å². The Balaban J connectivity index is 1.52. The van der Waals surface area contributed by atoms with Crippen molar-refractivity contribution in [3.63, 3.8) is 0 Å². The highest BCUT2D eigenvalue weighted by Gasteiger charge is 2.29. The molecule has 0 aliphatic carbocycles. The van der Waals surface area contributed by atoms with E-state index in [1.165, 1.54) is 5.56 Å². The lowest BCUT2D eigenvalue weighted by Gasteiger charge is -2.41. The lowest BCUT2D eigenvalue weighted by Crippen LogP contribution is -2.47. The molecule has 0 unspecified atom stereocenters. The van der Waals surface area contributed by atoms with Gasteiger partial charge in [0, 0.05) is 63.9 Å². The fourth-order valence-corrected chi connectivity index (χ4v) is 3.56. The van der Waals surface area contributed by atoms with Crippen molar-refractivity contribution in [2.75, 3.05) is 19.6 Å². The van der Waals surface area contributed by atoms with E-state index in [2.05, 4.69) is 55.3 Å². The van der Waals surface area contributed by atoms with E-state index in [1.807, 2.05) is 42.5 Å². The highest BCUT2D eigenvalue weighted by atomic mass is 15.3. The molecule has 0 aromatic carbocycles. The summed E-state index contributed by atoms with van der Waals surface area (Å²) in [4.78, 5) is 14.0. The molecule has 0 bridgehead atoms. The van der Waals surface area contributed by atoms with E-state index >= 15 is 0 Å². The van der Waals surface area contributed by atoms with E-state index < -0.39 is 0 Å². The minimum atomic E-state index is 0.308. The highest BCUT2D eigenvalue weighted by Crippen LogP contribution is 2.27. The molecule has 0 N–H and O–H groups in total. The Hall–Kier alpha value is -2.57. The zero-order valence-corrected chi connectivity index (χ0v) is 15.1. The van der Waals surface area contributed by atoms with Crippen molar-refractivity contribution in [1.82, 2.24) is 29.5 Å². The van der Waals surface area contributed by atoms with Gasteiger partial charge in [-0.05, 0) is 24.3 Å². The normalized spacial score (nSPS) is 18.9. The van der Waals surface area contributed by atoms with Crippen molar-refractivity contribution in [3.8, 4) is 0 Å². The summed E-state index contributed by atoms with van der Waals surface area (Å²) in [7, 11) is 1.97. The molecule has 0 saturated carbocycles. The smallest absolute Gasteiger partial charge is 0.0544 e. The van der Waals surface area contributed by atoms with Gasteiger partial charge in [-0.2, -0.15) is 5.10 Å². The van der Waals surface area contributed by atoms with Crippen LogP contribution < -0.4 is 0 Å². The maximum absolute atomic E-state index is 4.51. The van der Waals surface area contributed by atoms with Crippen LogP contribution in [0.2, 0.25) is 0 Å². The maximum Gasteiger partial charge on any atom is 0.0544 e. The molecule has 0 spiro atoms. The Labute approximate surface area is 154 Å². The molecule has 1 aliphatic rings. The molecular weight excluding hydrogens is 324 g/mol. The lowest BCUT2D eigenvalue weighted by atomic mass is 10.1. The molecule has 134 valence electrons. The van der Waals surface area contributed by atoms with E-state index in [1.54, 1.807) is 0 Å². The molecule has 3 aromatic heterocycles. The van der Waals surface area contributed by atoms with Crippen LogP contribution in [0.1, 0.15) is 23.0 Å². The average molecular weight is 348 g/mol. The van der Waals surface area contributed by atoms with Crippen LogP contribution in [0.5, 0.6) is 0 Å². The summed E-state index contributed by atoms with van der Waals surface area (Å²) in [6, 6.07) is 12.5. The van der Waals surface area contributed by atoms with Gasteiger partial charge in [-0.15, -0.1) is 0 Å². The van der Waals surface area contributed by atoms with Crippen LogP contribution in [0, 0.1) is 0 Å². The van der Waals surface area contributed by atoms with Crippen LogP contribution in [-0.4, -0.2) is 49.2 Å². The van der Waals surface area contributed by atoms with E-state index in [0.717, 1.165) is 44.1 Å². The Bertz CT molecular complexity index is 817. The number of piperazine rings is 1. The summed E-state index contributed by atoms with van der Waals surface area (Å²) in [5.41, 5.74) is 3.49. The summed E-state index contributed by atoms with van der Waals surface area (Å²) < 4.78 is 1.88. The topological polar surface area (TPSA) is 50.1 Å². The Morgan fingerprint density at radius 3 is 2.31 bits per heavy atom. The first-order valence-corrected chi connectivity index (χ1v) is 9.03. The van der Waals surface area contributed by atoms with Crippen LogP contribution in [-0.2, 0) is 20.1 Å². The van der Waals surface area contributed by atoms with Crippen molar-refractivity contribution in [2.45, 2.75) is 19.1 Å². The molecule has 1 atom stereocenters. The van der Waals surface area contributed by atoms with Gasteiger partial charge in [0.2, 0.25) is 0 Å². The molecule has 6 heteroatoms. The minimum Gasteiger partial charge on any atom is -0.294 e. The van der Waals surface area contributed by atoms with Crippen molar-refractivity contribution >= 4 is 0 Å². The minimum absolute atomic E-state index is 0.308. The first kappa shape index (κ1) is 16.9. The lowest BCUT2D eigenvalue weighted by molar-refractivity contribution is 0.0619. The third-order valence-corrected chi connectivity index (χ3v) is 4.89. The first-order valence-electron chi connectivity index (χ1n) is 9.03. The number of aryl methyl sites for hydroxylation is 1. The molecular formula is C20H24N6. The third kappa shape index (κ3) is 3.98. The Kier molecular flexibility index (Phi) is 5.04. The number of aromatic nitrogens is 4. The highest BCUT2D eigenvalue weighted by molar-refractivity contribution is 5.14. The van der Waals surface area contributed by atoms with E-state index in [0.29, 0.717) is 6.04 Å². The van der Waals surface area contributed by atoms with E-state index in [-0.39, 0.29) is 0 Å². The molecule has 0 amide bonds. The molecule has 1 aliphatic heterocycles. The van der Waals surface area contributed by atoms with Crippen molar-refractivity contribution < 1.29 is 0 Å². The van der Waals surface area contributed by atoms with Crippen LogP contribution in [0.4, 0.5) is 0 Å². The summed E-state index contributed by atoms with van der Waals surface area (Å²) in [6.45, 7) is 4.74. The van der Waals surface area contributed by atoms with Crippen molar-refractivity contribution in [2.24, 2.45) is 7.05 Å². The second kappa shape index (κ2) is 7.76. The van der Waals surface area contributed by atoms with Gasteiger partial charge in [-0.25, -0.2) is 0 Å². The Morgan fingerprint density at radius 1 is 0.962 bits per heavy atom. The van der Waals surface area contributed by atoms with Gasteiger partial charge >= 0.3 is 0 Å². The van der Waals surface area contributed by atoms with Crippen LogP contribution in [0.3, 0.4) is 0 Å². The van der Waals surface area contributed by atoms with Crippen molar-refractivity contribution in [3.05, 3.63) is 78.1 Å². The number of hydrogen-bond donors (Lipinski definition) is 0. The summed E-state index contributed by atoms with van der Waals surface area (Å²) >= 11 is 0. The standard InChI is InChI=1S/C20H24N6/c1-24-13-17(12-23-24)20-16-25(14-18-6-2-4-8-21-18)10-11-26(20)15-19-7-3-5-9-22-19/h2-9,12-13,20H,10-11,14-16H2,1H3/t20-/m0/s1. The first-order chi connectivity index (χ1) is 12.8. The summed E-state index contributed by atoms with van der Waals surface area (Å²) in [6.07, 6.45) is 7.84. The van der Waals surface area contributed by atoms with Gasteiger partial charge in [0.25, 0.3) is 0 Å². The van der Waals surface area contributed by atoms with Crippen LogP contribution in [0.15, 0.2) is 61.2 Å². The largest absolute Gasteiger partial charge is 0.294 e. The summed E-state index contributed by atoms with van der Waals surface area (Å²) in [5, 5.41) is 4.39. The zero-order valence-electron chi connectivity index (χ0n) is 15.1. The number of pyridine rings is 2. The second-order valence-electron chi connectivity index (χ2n) is 6.81. The van der Waals surface area contributed by atoms with Gasteiger partial charge in [-0.1, -0.05) is 12.1 Å². The SMILES string of the molecule is Cn1cc([C@@H]2CN(Cc3ccccn3)CCN2Cc2ccccn2)cn1. The maximum atomic E-state index is 4.51. The van der Waals surface area contributed by atoms with E-state index in [4.69, 9.17) is 0 Å². The second-order valence-corrected chi connectivity index (χ2v) is 6.81. The van der Waals surface area contributed by atoms with Gasteiger partial charge in [0.05, 0.1) is 23.6 Å². The fourth-order valence-electron chi connectivity index (χ4n) is 3.56. The fraction of sp³-hybridized carbons (Fsp3) is 0.350. The molecule has 0 radical (unpaired) electrons. The van der Waals surface area contributed by atoms with Gasteiger partial charge in [0.1, 0.15) is 0 Å². The molecule has 4 heterocycles. The number of nitrogens with zero attached hydrogens (tertiary/aromatic N) is 6. The number of rotatable bonds is 5. The predicted molar refractivity (Wildman–Crippen MR) is 100 cm³/mol. The van der Waals surface area contributed by atoms with Crippen molar-refractivity contribution in [1.29, 1.82) is 0 Å². The molecule has 1 fully saturated rings. The predicted octanol–water partition coefficient (Wildman–Crippen LogP) is 2.27. The average Bonchev–Trinajstić information content (AvgIpc) is 3.11. The molecule has 26 heavy (non-hydrogen) atoms. The zero-order chi connectivity index (χ0) is 17.8. The molecule has 3 aromatic rings. The third-order valence-electron chi connectivity index (χ3n) is 4.89. The monoisotopic (exact) mass is 348 g/mol.